The highest BCUT2D eigenvalue weighted by atomic mass is 16.5. The molecule has 3 aromatic rings. The number of nitrogens with two attached hydrogens (primary N) is 1. The number of methoxy groups -OCH3 is 1. The summed E-state index contributed by atoms with van der Waals surface area (Å²) in [5.74, 6) is -0.384. The summed E-state index contributed by atoms with van der Waals surface area (Å²) in [6.07, 6.45) is 2.55. The van der Waals surface area contributed by atoms with Crippen molar-refractivity contribution in [2.45, 2.75) is 19.0 Å². The second kappa shape index (κ2) is 6.67. The van der Waals surface area contributed by atoms with E-state index in [2.05, 4.69) is 35.0 Å². The molecule has 4 heteroatoms. The summed E-state index contributed by atoms with van der Waals surface area (Å²) in [4.78, 5) is 11.6. The zero-order valence-electron chi connectivity index (χ0n) is 13.1. The van der Waals surface area contributed by atoms with Crippen molar-refractivity contribution in [3.05, 3.63) is 71.9 Å². The first-order chi connectivity index (χ1) is 11.2. The molecular weight excluding hydrogens is 288 g/mol. The average Bonchev–Trinajstić information content (AvgIpc) is 2.93. The quantitative estimate of drug-likeness (QED) is 0.737. The lowest BCUT2D eigenvalue weighted by Crippen LogP contribution is -2.33. The smallest absolute Gasteiger partial charge is 0.322 e. The molecule has 0 saturated carbocycles. The lowest BCUT2D eigenvalue weighted by atomic mass is 10.1. The highest BCUT2D eigenvalue weighted by Crippen LogP contribution is 2.23. The number of fused-ring (bicyclic) bond motifs is 1. The molecule has 118 valence electrons. The fourth-order valence-corrected chi connectivity index (χ4v) is 2.87. The van der Waals surface area contributed by atoms with Crippen LogP contribution in [0, 0.1) is 0 Å². The van der Waals surface area contributed by atoms with Crippen LogP contribution in [0.4, 0.5) is 0 Å². The summed E-state index contributed by atoms with van der Waals surface area (Å²) in [6, 6.07) is 17.8. The Hall–Kier alpha value is -2.59. The Morgan fingerprint density at radius 2 is 1.83 bits per heavy atom. The molecule has 0 unspecified atom stereocenters. The number of aromatic nitrogens is 1. The summed E-state index contributed by atoms with van der Waals surface area (Å²) in [5.41, 5.74) is 9.37. The molecule has 0 aliphatic carbocycles. The van der Waals surface area contributed by atoms with Gasteiger partial charge < -0.3 is 15.0 Å². The van der Waals surface area contributed by atoms with E-state index >= 15 is 0 Å². The van der Waals surface area contributed by atoms with Crippen LogP contribution < -0.4 is 5.73 Å². The van der Waals surface area contributed by atoms with Gasteiger partial charge in [-0.05, 0) is 17.2 Å². The van der Waals surface area contributed by atoms with Crippen LogP contribution in [0.15, 0.2) is 60.8 Å². The fourth-order valence-electron chi connectivity index (χ4n) is 2.87. The third-order valence-electron chi connectivity index (χ3n) is 4.01. The third-order valence-corrected chi connectivity index (χ3v) is 4.01. The number of hydrogen-bond donors (Lipinski definition) is 1. The van der Waals surface area contributed by atoms with Crippen LogP contribution in [-0.2, 0) is 22.5 Å². The fraction of sp³-hybridized carbons (Fsp3) is 0.211. The van der Waals surface area contributed by atoms with E-state index in [4.69, 9.17) is 10.5 Å². The van der Waals surface area contributed by atoms with E-state index in [1.54, 1.807) is 0 Å². The monoisotopic (exact) mass is 308 g/mol. The van der Waals surface area contributed by atoms with E-state index in [9.17, 15) is 4.79 Å². The summed E-state index contributed by atoms with van der Waals surface area (Å²) < 4.78 is 6.93. The first-order valence-corrected chi connectivity index (χ1v) is 7.63. The largest absolute Gasteiger partial charge is 0.468 e. The first kappa shape index (κ1) is 15.3. The number of carbonyl (C=O) groups is 1. The van der Waals surface area contributed by atoms with Gasteiger partial charge in [0.15, 0.2) is 0 Å². The molecule has 4 nitrogen and oxygen atoms in total. The zero-order chi connectivity index (χ0) is 16.2. The van der Waals surface area contributed by atoms with Gasteiger partial charge in [0, 0.05) is 30.1 Å². The molecule has 0 spiro atoms. The van der Waals surface area contributed by atoms with Crippen molar-refractivity contribution in [1.29, 1.82) is 0 Å². The molecule has 1 aromatic heterocycles. The minimum Gasteiger partial charge on any atom is -0.468 e. The number of hydrogen-bond acceptors (Lipinski definition) is 3. The molecule has 0 bridgehead atoms. The number of ether oxygens (including phenoxy) is 1. The van der Waals surface area contributed by atoms with Crippen LogP contribution >= 0.6 is 0 Å². The normalized spacial score (nSPS) is 12.3. The Bertz CT molecular complexity index is 809. The Balaban J connectivity index is 1.95. The summed E-state index contributed by atoms with van der Waals surface area (Å²) in [6.45, 7) is 0.787. The molecule has 0 fully saturated rings. The molecule has 0 saturated heterocycles. The minimum atomic E-state index is -0.643. The second-order valence-electron chi connectivity index (χ2n) is 5.62. The number of para-hydroxylation sites is 1. The van der Waals surface area contributed by atoms with Gasteiger partial charge in [-0.3, -0.25) is 4.79 Å². The van der Waals surface area contributed by atoms with Gasteiger partial charge in [-0.25, -0.2) is 0 Å². The molecular formula is C19H20N2O2. The Morgan fingerprint density at radius 3 is 2.57 bits per heavy atom. The summed E-state index contributed by atoms with van der Waals surface area (Å²) in [5, 5.41) is 1.13. The molecule has 23 heavy (non-hydrogen) atoms. The van der Waals surface area contributed by atoms with Crippen LogP contribution in [0.2, 0.25) is 0 Å². The maximum Gasteiger partial charge on any atom is 0.322 e. The van der Waals surface area contributed by atoms with Crippen LogP contribution in [0.25, 0.3) is 10.9 Å². The van der Waals surface area contributed by atoms with E-state index in [1.165, 1.54) is 12.7 Å². The van der Waals surface area contributed by atoms with E-state index in [0.717, 1.165) is 23.0 Å². The topological polar surface area (TPSA) is 57.2 Å². The molecule has 0 aliphatic rings. The SMILES string of the molecule is COC(=O)[C@@H](N)Cc1cn(Cc2ccccc2)c2ccccc12. The molecule has 2 N–H and O–H groups in total. The molecule has 1 atom stereocenters. The predicted molar refractivity (Wildman–Crippen MR) is 91.2 cm³/mol. The van der Waals surface area contributed by atoms with Crippen molar-refractivity contribution in [3.63, 3.8) is 0 Å². The van der Waals surface area contributed by atoms with Crippen molar-refractivity contribution in [2.24, 2.45) is 5.73 Å². The van der Waals surface area contributed by atoms with Crippen LogP contribution in [0.1, 0.15) is 11.1 Å². The van der Waals surface area contributed by atoms with E-state index in [0.29, 0.717) is 6.42 Å². The van der Waals surface area contributed by atoms with Crippen molar-refractivity contribution in [3.8, 4) is 0 Å². The zero-order valence-corrected chi connectivity index (χ0v) is 13.1. The highest BCUT2D eigenvalue weighted by molar-refractivity contribution is 5.85. The van der Waals surface area contributed by atoms with Gasteiger partial charge in [0.2, 0.25) is 0 Å². The highest BCUT2D eigenvalue weighted by Gasteiger charge is 2.17. The lowest BCUT2D eigenvalue weighted by molar-refractivity contribution is -0.142. The maximum absolute atomic E-state index is 11.6. The van der Waals surface area contributed by atoms with Gasteiger partial charge >= 0.3 is 5.97 Å². The average molecular weight is 308 g/mol. The van der Waals surface area contributed by atoms with E-state index in [-0.39, 0.29) is 5.97 Å². The predicted octanol–water partition coefficient (Wildman–Crippen LogP) is 2.73. The van der Waals surface area contributed by atoms with Gasteiger partial charge in [-0.2, -0.15) is 0 Å². The van der Waals surface area contributed by atoms with E-state index in [1.807, 2.05) is 30.3 Å². The lowest BCUT2D eigenvalue weighted by Gasteiger charge is -2.08. The standard InChI is InChI=1S/C19H20N2O2/c1-23-19(22)17(20)11-15-13-21(12-14-7-3-2-4-8-14)18-10-6-5-9-16(15)18/h2-10,13,17H,11-12,20H2,1H3/t17-/m0/s1. The Labute approximate surface area is 135 Å². The van der Waals surface area contributed by atoms with Crippen LogP contribution in [-0.4, -0.2) is 23.7 Å². The Kier molecular flexibility index (Phi) is 4.44. The number of esters is 1. The molecule has 0 radical (unpaired) electrons. The molecule has 0 aliphatic heterocycles. The minimum absolute atomic E-state index is 0.384. The van der Waals surface area contributed by atoms with Crippen LogP contribution in [0.5, 0.6) is 0 Å². The van der Waals surface area contributed by atoms with Crippen molar-refractivity contribution in [1.82, 2.24) is 4.57 Å². The summed E-state index contributed by atoms with van der Waals surface area (Å²) in [7, 11) is 1.36. The van der Waals surface area contributed by atoms with Crippen LogP contribution in [0.3, 0.4) is 0 Å². The van der Waals surface area contributed by atoms with Gasteiger partial charge in [-0.15, -0.1) is 0 Å². The van der Waals surface area contributed by atoms with Crippen molar-refractivity contribution >= 4 is 16.9 Å². The van der Waals surface area contributed by atoms with Gasteiger partial charge in [0.25, 0.3) is 0 Å². The molecule has 1 heterocycles. The molecule has 0 amide bonds. The number of nitrogens with zero attached hydrogens (tertiary/aromatic N) is 1. The number of carbonyl (C=O) groups excluding carboxylic acids is 1. The Morgan fingerprint density at radius 1 is 1.13 bits per heavy atom. The number of rotatable bonds is 5. The third kappa shape index (κ3) is 3.27. The van der Waals surface area contributed by atoms with Crippen molar-refractivity contribution in [2.75, 3.05) is 7.11 Å². The number of benzene rings is 2. The first-order valence-electron chi connectivity index (χ1n) is 7.63. The van der Waals surface area contributed by atoms with Crippen molar-refractivity contribution < 1.29 is 9.53 Å². The van der Waals surface area contributed by atoms with E-state index < -0.39 is 6.04 Å². The summed E-state index contributed by atoms with van der Waals surface area (Å²) >= 11 is 0. The molecule has 3 rings (SSSR count). The van der Waals surface area contributed by atoms with Gasteiger partial charge in [0.1, 0.15) is 6.04 Å². The maximum atomic E-state index is 11.6. The van der Waals surface area contributed by atoms with Gasteiger partial charge in [0.05, 0.1) is 7.11 Å². The molecule has 2 aromatic carbocycles. The van der Waals surface area contributed by atoms with Gasteiger partial charge in [-0.1, -0.05) is 48.5 Å². The second-order valence-corrected chi connectivity index (χ2v) is 5.62.